The van der Waals surface area contributed by atoms with Crippen LogP contribution in [0.5, 0.6) is 0 Å². The molecular formula is C18H16N4O. The number of nitrogens with two attached hydrogens (primary N) is 1. The van der Waals surface area contributed by atoms with Crippen LogP contribution in [0.3, 0.4) is 0 Å². The van der Waals surface area contributed by atoms with Crippen molar-refractivity contribution in [2.75, 3.05) is 11.4 Å². The molecule has 1 aliphatic rings. The molecule has 114 valence electrons. The average molecular weight is 304 g/mol. The van der Waals surface area contributed by atoms with E-state index in [2.05, 4.69) is 20.9 Å². The van der Waals surface area contributed by atoms with E-state index in [0.717, 1.165) is 22.6 Å². The second-order valence-corrected chi connectivity index (χ2v) is 5.32. The smallest absolute Gasteiger partial charge is 0.221 e. The number of aromatic nitrogens is 2. The highest BCUT2D eigenvalue weighted by Crippen LogP contribution is 2.43. The number of oxazole rings is 1. The molecule has 0 fully saturated rings. The summed E-state index contributed by atoms with van der Waals surface area (Å²) < 4.78 is 5.59. The molecule has 1 atom stereocenters. The Kier molecular flexibility index (Phi) is 3.40. The van der Waals surface area contributed by atoms with Crippen LogP contribution in [0.25, 0.3) is 6.08 Å². The van der Waals surface area contributed by atoms with E-state index in [0.29, 0.717) is 12.4 Å². The van der Waals surface area contributed by atoms with Gasteiger partial charge in [-0.3, -0.25) is 0 Å². The minimum absolute atomic E-state index is 0.195. The molecule has 0 spiro atoms. The number of hydrogen-bond donors (Lipinski definition) is 1. The minimum atomic E-state index is -0.195. The molecule has 0 radical (unpaired) electrons. The van der Waals surface area contributed by atoms with Gasteiger partial charge in [-0.1, -0.05) is 18.2 Å². The number of pyridine rings is 1. The molecule has 0 aliphatic carbocycles. The molecule has 5 heteroatoms. The van der Waals surface area contributed by atoms with Gasteiger partial charge in [0.15, 0.2) is 0 Å². The van der Waals surface area contributed by atoms with Crippen molar-refractivity contribution in [3.8, 4) is 0 Å². The van der Waals surface area contributed by atoms with Crippen molar-refractivity contribution in [1.29, 1.82) is 0 Å². The number of anilines is 2. The first kappa shape index (κ1) is 13.7. The van der Waals surface area contributed by atoms with Gasteiger partial charge in [0, 0.05) is 24.0 Å². The molecule has 5 nitrogen and oxygen atoms in total. The highest BCUT2D eigenvalue weighted by atomic mass is 16.3. The standard InChI is InChI=1S/C18H16N4O/c19-12-14-11-13-5-4-8-20-17(13)22(15-6-2-1-3-7-15)16(14)18-21-9-10-23-18/h1-11,16H,12,19H2. The zero-order valence-corrected chi connectivity index (χ0v) is 12.5. The monoisotopic (exact) mass is 304 g/mol. The molecule has 0 amide bonds. The van der Waals surface area contributed by atoms with Gasteiger partial charge >= 0.3 is 0 Å². The maximum Gasteiger partial charge on any atom is 0.221 e. The average Bonchev–Trinajstić information content (AvgIpc) is 3.15. The molecule has 4 rings (SSSR count). The van der Waals surface area contributed by atoms with Crippen LogP contribution in [-0.4, -0.2) is 16.5 Å². The first-order valence-corrected chi connectivity index (χ1v) is 7.47. The molecule has 0 saturated heterocycles. The van der Waals surface area contributed by atoms with Gasteiger partial charge < -0.3 is 15.1 Å². The number of fused-ring (bicyclic) bond motifs is 1. The third-order valence-electron chi connectivity index (χ3n) is 3.95. The van der Waals surface area contributed by atoms with Gasteiger partial charge in [-0.15, -0.1) is 0 Å². The Hall–Kier alpha value is -2.92. The summed E-state index contributed by atoms with van der Waals surface area (Å²) in [4.78, 5) is 11.1. The van der Waals surface area contributed by atoms with Crippen LogP contribution < -0.4 is 10.6 Å². The van der Waals surface area contributed by atoms with Gasteiger partial charge in [-0.2, -0.15) is 0 Å². The van der Waals surface area contributed by atoms with E-state index in [9.17, 15) is 0 Å². The fourth-order valence-electron chi connectivity index (χ4n) is 2.96. The zero-order valence-electron chi connectivity index (χ0n) is 12.5. The van der Waals surface area contributed by atoms with Crippen LogP contribution in [0.2, 0.25) is 0 Å². The summed E-state index contributed by atoms with van der Waals surface area (Å²) in [6.07, 6.45) is 7.11. The molecule has 1 unspecified atom stereocenters. The van der Waals surface area contributed by atoms with Crippen molar-refractivity contribution in [1.82, 2.24) is 9.97 Å². The van der Waals surface area contributed by atoms with Gasteiger partial charge in [-0.25, -0.2) is 9.97 Å². The van der Waals surface area contributed by atoms with Gasteiger partial charge in [0.25, 0.3) is 0 Å². The topological polar surface area (TPSA) is 68.2 Å². The van der Waals surface area contributed by atoms with Crippen molar-refractivity contribution in [2.45, 2.75) is 6.04 Å². The first-order valence-electron chi connectivity index (χ1n) is 7.47. The second-order valence-electron chi connectivity index (χ2n) is 5.32. The molecule has 1 aliphatic heterocycles. The molecule has 0 saturated carbocycles. The second kappa shape index (κ2) is 5.70. The molecule has 3 heterocycles. The molecule has 1 aromatic carbocycles. The summed E-state index contributed by atoms with van der Waals surface area (Å²) in [6.45, 7) is 0.421. The van der Waals surface area contributed by atoms with E-state index in [1.165, 1.54) is 0 Å². The van der Waals surface area contributed by atoms with E-state index < -0.39 is 0 Å². The Bertz CT molecular complexity index is 827. The van der Waals surface area contributed by atoms with Crippen LogP contribution in [0.15, 0.2) is 71.1 Å². The van der Waals surface area contributed by atoms with E-state index in [4.69, 9.17) is 10.2 Å². The zero-order chi connectivity index (χ0) is 15.6. The number of benzene rings is 1. The largest absolute Gasteiger partial charge is 0.446 e. The summed E-state index contributed by atoms with van der Waals surface area (Å²) in [5.74, 6) is 1.49. The van der Waals surface area contributed by atoms with Crippen molar-refractivity contribution >= 4 is 17.6 Å². The summed E-state index contributed by atoms with van der Waals surface area (Å²) in [7, 11) is 0. The highest BCUT2D eigenvalue weighted by molar-refractivity contribution is 5.78. The first-order chi connectivity index (χ1) is 11.4. The van der Waals surface area contributed by atoms with Crippen LogP contribution >= 0.6 is 0 Å². The molecule has 2 N–H and O–H groups in total. The lowest BCUT2D eigenvalue weighted by Gasteiger charge is -2.36. The Labute approximate surface area is 134 Å². The molecule has 3 aromatic rings. The van der Waals surface area contributed by atoms with Crippen molar-refractivity contribution in [3.63, 3.8) is 0 Å². The van der Waals surface area contributed by atoms with E-state index in [-0.39, 0.29) is 6.04 Å². The third kappa shape index (κ3) is 2.31. The third-order valence-corrected chi connectivity index (χ3v) is 3.95. The number of nitrogens with zero attached hydrogens (tertiary/aromatic N) is 3. The quantitative estimate of drug-likeness (QED) is 0.804. The summed E-state index contributed by atoms with van der Waals surface area (Å²) in [6, 6.07) is 13.9. The highest BCUT2D eigenvalue weighted by Gasteiger charge is 2.34. The van der Waals surface area contributed by atoms with Crippen LogP contribution in [0.4, 0.5) is 11.5 Å². The lowest BCUT2D eigenvalue weighted by molar-refractivity contribution is 0.465. The normalized spacial score (nSPS) is 16.8. The lowest BCUT2D eigenvalue weighted by atomic mass is 9.96. The predicted molar refractivity (Wildman–Crippen MR) is 89.1 cm³/mol. The maximum atomic E-state index is 6.01. The van der Waals surface area contributed by atoms with Crippen LogP contribution in [0, 0.1) is 0 Å². The number of para-hydroxylation sites is 1. The lowest BCUT2D eigenvalue weighted by Crippen LogP contribution is -2.32. The minimum Gasteiger partial charge on any atom is -0.446 e. The van der Waals surface area contributed by atoms with Crippen LogP contribution in [0.1, 0.15) is 17.5 Å². The maximum absolute atomic E-state index is 6.01. The molecular weight excluding hydrogens is 288 g/mol. The van der Waals surface area contributed by atoms with Crippen LogP contribution in [-0.2, 0) is 0 Å². The van der Waals surface area contributed by atoms with E-state index >= 15 is 0 Å². The molecule has 2 aromatic heterocycles. The fraction of sp³-hybridized carbons (Fsp3) is 0.111. The van der Waals surface area contributed by atoms with E-state index in [1.54, 1.807) is 18.7 Å². The Morgan fingerprint density at radius 2 is 1.91 bits per heavy atom. The Morgan fingerprint density at radius 3 is 2.65 bits per heavy atom. The SMILES string of the molecule is NCC1=Cc2cccnc2N(c2ccccc2)C1c1ncco1. The van der Waals surface area contributed by atoms with E-state index in [1.807, 2.05) is 42.5 Å². The fourth-order valence-corrected chi connectivity index (χ4v) is 2.96. The summed E-state index contributed by atoms with van der Waals surface area (Å²) in [5, 5.41) is 0. The Morgan fingerprint density at radius 1 is 1.04 bits per heavy atom. The van der Waals surface area contributed by atoms with Gasteiger partial charge in [0.2, 0.25) is 5.89 Å². The molecule has 0 bridgehead atoms. The van der Waals surface area contributed by atoms with Gasteiger partial charge in [0.05, 0.1) is 6.20 Å². The number of hydrogen-bond acceptors (Lipinski definition) is 5. The summed E-state index contributed by atoms with van der Waals surface area (Å²) in [5.41, 5.74) is 9.12. The predicted octanol–water partition coefficient (Wildman–Crippen LogP) is 3.30. The van der Waals surface area contributed by atoms with Crippen molar-refractivity contribution in [2.24, 2.45) is 5.73 Å². The Balaban J connectivity index is 1.95. The number of rotatable bonds is 3. The summed E-state index contributed by atoms with van der Waals surface area (Å²) >= 11 is 0. The van der Waals surface area contributed by atoms with Crippen molar-refractivity contribution < 1.29 is 4.42 Å². The van der Waals surface area contributed by atoms with Crippen molar-refractivity contribution in [3.05, 3.63) is 78.1 Å². The van der Waals surface area contributed by atoms with Gasteiger partial charge in [-0.05, 0) is 35.9 Å². The molecule has 23 heavy (non-hydrogen) atoms. The van der Waals surface area contributed by atoms with Gasteiger partial charge in [0.1, 0.15) is 18.1 Å².